The van der Waals surface area contributed by atoms with E-state index in [4.69, 9.17) is 0 Å². The molecule has 0 atom stereocenters. The van der Waals surface area contributed by atoms with Crippen molar-refractivity contribution in [1.82, 2.24) is 10.2 Å². The molecule has 2 rings (SSSR count). The van der Waals surface area contributed by atoms with E-state index in [0.29, 0.717) is 13.1 Å². The molecule has 1 N–H and O–H groups in total. The van der Waals surface area contributed by atoms with Crippen LogP contribution in [0, 0.1) is 5.92 Å². The van der Waals surface area contributed by atoms with Gasteiger partial charge in [-0.3, -0.25) is 0 Å². The molecule has 0 radical (unpaired) electrons. The minimum absolute atomic E-state index is 0.235. The van der Waals surface area contributed by atoms with Crippen LogP contribution in [0.25, 0.3) is 0 Å². The summed E-state index contributed by atoms with van der Waals surface area (Å²) in [7, 11) is 2.03. The van der Waals surface area contributed by atoms with E-state index in [1.165, 1.54) is 32.1 Å². The molecule has 2 aliphatic rings. The van der Waals surface area contributed by atoms with Crippen LogP contribution in [-0.4, -0.2) is 43.3 Å². The zero-order chi connectivity index (χ0) is 14.6. The SMILES string of the molecule is CNC1(CCN2CCC(C(F)(F)F)CC2)CCCCC1. The highest BCUT2D eigenvalue weighted by atomic mass is 19.4. The van der Waals surface area contributed by atoms with Gasteiger partial charge in [0.2, 0.25) is 0 Å². The quantitative estimate of drug-likeness (QED) is 0.852. The number of nitrogens with zero attached hydrogens (tertiary/aromatic N) is 1. The summed E-state index contributed by atoms with van der Waals surface area (Å²) in [5.74, 6) is -1.08. The standard InChI is InChI=1S/C15H27F3N2/c1-19-14(7-3-2-4-8-14)9-12-20-10-5-13(6-11-20)15(16,17)18/h13,19H,2-12H2,1H3. The highest BCUT2D eigenvalue weighted by Crippen LogP contribution is 2.35. The van der Waals surface area contributed by atoms with Gasteiger partial charge in [-0.15, -0.1) is 0 Å². The van der Waals surface area contributed by atoms with Gasteiger partial charge in [-0.25, -0.2) is 0 Å². The first kappa shape index (κ1) is 16.1. The molecule has 0 amide bonds. The topological polar surface area (TPSA) is 15.3 Å². The third kappa shape index (κ3) is 4.10. The summed E-state index contributed by atoms with van der Waals surface area (Å²) in [6.07, 6.45) is 3.91. The Morgan fingerprint density at radius 2 is 1.70 bits per heavy atom. The van der Waals surface area contributed by atoms with Crippen LogP contribution in [-0.2, 0) is 0 Å². The van der Waals surface area contributed by atoms with Crippen molar-refractivity contribution in [1.29, 1.82) is 0 Å². The van der Waals surface area contributed by atoms with Crippen molar-refractivity contribution in [3.05, 3.63) is 0 Å². The molecule has 1 saturated carbocycles. The van der Waals surface area contributed by atoms with Crippen LogP contribution in [0.15, 0.2) is 0 Å². The lowest BCUT2D eigenvalue weighted by molar-refractivity contribution is -0.185. The molecule has 0 aromatic carbocycles. The van der Waals surface area contributed by atoms with Gasteiger partial charge in [0.25, 0.3) is 0 Å². The van der Waals surface area contributed by atoms with Crippen LogP contribution in [0.2, 0.25) is 0 Å². The number of nitrogens with one attached hydrogen (secondary N) is 1. The third-order valence-electron chi connectivity index (χ3n) is 5.30. The molecule has 1 saturated heterocycles. The number of hydrogen-bond acceptors (Lipinski definition) is 2. The summed E-state index contributed by atoms with van der Waals surface area (Å²) < 4.78 is 37.9. The molecule has 1 aliphatic carbocycles. The lowest BCUT2D eigenvalue weighted by Crippen LogP contribution is -2.48. The Balaban J connectivity index is 1.75. The number of hydrogen-bond donors (Lipinski definition) is 1. The van der Waals surface area contributed by atoms with E-state index in [0.717, 1.165) is 13.0 Å². The van der Waals surface area contributed by atoms with Gasteiger partial charge in [-0.1, -0.05) is 19.3 Å². The fourth-order valence-corrected chi connectivity index (χ4v) is 3.71. The minimum Gasteiger partial charge on any atom is -0.314 e. The second-order valence-electron chi connectivity index (χ2n) is 6.50. The summed E-state index contributed by atoms with van der Waals surface area (Å²) in [6, 6.07) is 0. The first-order valence-electron chi connectivity index (χ1n) is 7.93. The fraction of sp³-hybridized carbons (Fsp3) is 1.00. The Morgan fingerprint density at radius 1 is 1.10 bits per heavy atom. The van der Waals surface area contributed by atoms with E-state index in [1.807, 2.05) is 7.05 Å². The third-order valence-corrected chi connectivity index (χ3v) is 5.30. The van der Waals surface area contributed by atoms with E-state index in [2.05, 4.69) is 10.2 Å². The van der Waals surface area contributed by atoms with Gasteiger partial charge in [-0.2, -0.15) is 13.2 Å². The minimum atomic E-state index is -4.00. The van der Waals surface area contributed by atoms with E-state index in [-0.39, 0.29) is 18.4 Å². The average molecular weight is 292 g/mol. The zero-order valence-electron chi connectivity index (χ0n) is 12.4. The normalized spacial score (nSPS) is 25.8. The number of halogens is 3. The Bertz CT molecular complexity index is 290. The molecule has 1 heterocycles. The van der Waals surface area contributed by atoms with Gasteiger partial charge in [0.1, 0.15) is 0 Å². The molecule has 0 unspecified atom stereocenters. The Hall–Kier alpha value is -0.290. The van der Waals surface area contributed by atoms with E-state index in [9.17, 15) is 13.2 Å². The Labute approximate surface area is 120 Å². The van der Waals surface area contributed by atoms with E-state index < -0.39 is 12.1 Å². The molecule has 0 spiro atoms. The predicted molar refractivity (Wildman–Crippen MR) is 74.7 cm³/mol. The van der Waals surface area contributed by atoms with Gasteiger partial charge in [-0.05, 0) is 58.8 Å². The lowest BCUT2D eigenvalue weighted by Gasteiger charge is -2.40. The molecule has 0 aromatic rings. The van der Waals surface area contributed by atoms with Crippen molar-refractivity contribution in [2.24, 2.45) is 5.92 Å². The highest BCUT2D eigenvalue weighted by Gasteiger charge is 2.41. The van der Waals surface area contributed by atoms with Crippen LogP contribution in [0.4, 0.5) is 13.2 Å². The predicted octanol–water partition coefficient (Wildman–Crippen LogP) is 3.57. The molecule has 0 aromatic heterocycles. The van der Waals surface area contributed by atoms with Crippen LogP contribution in [0.1, 0.15) is 51.4 Å². The van der Waals surface area contributed by atoms with Gasteiger partial charge in [0, 0.05) is 5.54 Å². The monoisotopic (exact) mass is 292 g/mol. The smallest absolute Gasteiger partial charge is 0.314 e. The zero-order valence-corrected chi connectivity index (χ0v) is 12.4. The molecule has 118 valence electrons. The largest absolute Gasteiger partial charge is 0.391 e. The Kier molecular flexibility index (Phi) is 5.35. The van der Waals surface area contributed by atoms with Crippen LogP contribution < -0.4 is 5.32 Å². The number of piperidine rings is 1. The van der Waals surface area contributed by atoms with Crippen molar-refractivity contribution in [2.75, 3.05) is 26.7 Å². The van der Waals surface area contributed by atoms with Crippen LogP contribution in [0.5, 0.6) is 0 Å². The van der Waals surface area contributed by atoms with Gasteiger partial charge >= 0.3 is 6.18 Å². The Morgan fingerprint density at radius 3 is 2.20 bits per heavy atom. The highest BCUT2D eigenvalue weighted by molar-refractivity contribution is 4.91. The second kappa shape index (κ2) is 6.65. The molecular weight excluding hydrogens is 265 g/mol. The molecule has 5 heteroatoms. The van der Waals surface area contributed by atoms with Crippen molar-refractivity contribution in [3.8, 4) is 0 Å². The van der Waals surface area contributed by atoms with Crippen molar-refractivity contribution >= 4 is 0 Å². The molecule has 2 fully saturated rings. The average Bonchev–Trinajstić information content (AvgIpc) is 2.46. The maximum atomic E-state index is 12.6. The van der Waals surface area contributed by atoms with E-state index >= 15 is 0 Å². The number of alkyl halides is 3. The first-order valence-corrected chi connectivity index (χ1v) is 7.93. The first-order chi connectivity index (χ1) is 9.45. The summed E-state index contributed by atoms with van der Waals surface area (Å²) >= 11 is 0. The summed E-state index contributed by atoms with van der Waals surface area (Å²) in [5, 5.41) is 3.48. The lowest BCUT2D eigenvalue weighted by atomic mass is 9.79. The fourth-order valence-electron chi connectivity index (χ4n) is 3.71. The summed E-state index contributed by atoms with van der Waals surface area (Å²) in [6.45, 7) is 2.14. The summed E-state index contributed by atoms with van der Waals surface area (Å²) in [5.41, 5.74) is 0.235. The number of rotatable bonds is 4. The summed E-state index contributed by atoms with van der Waals surface area (Å²) in [4.78, 5) is 2.22. The second-order valence-corrected chi connectivity index (χ2v) is 6.50. The van der Waals surface area contributed by atoms with Crippen molar-refractivity contribution in [3.63, 3.8) is 0 Å². The molecular formula is C15H27F3N2. The van der Waals surface area contributed by atoms with Gasteiger partial charge < -0.3 is 10.2 Å². The number of likely N-dealkylation sites (tertiary alicyclic amines) is 1. The van der Waals surface area contributed by atoms with Gasteiger partial charge in [0.05, 0.1) is 5.92 Å². The molecule has 0 bridgehead atoms. The van der Waals surface area contributed by atoms with E-state index in [1.54, 1.807) is 0 Å². The van der Waals surface area contributed by atoms with Crippen LogP contribution >= 0.6 is 0 Å². The van der Waals surface area contributed by atoms with Crippen molar-refractivity contribution in [2.45, 2.75) is 63.1 Å². The maximum absolute atomic E-state index is 12.6. The molecule has 1 aliphatic heterocycles. The van der Waals surface area contributed by atoms with Gasteiger partial charge in [0.15, 0.2) is 0 Å². The molecule has 2 nitrogen and oxygen atoms in total. The van der Waals surface area contributed by atoms with Crippen molar-refractivity contribution < 1.29 is 13.2 Å². The van der Waals surface area contributed by atoms with Crippen LogP contribution in [0.3, 0.4) is 0 Å². The molecule has 20 heavy (non-hydrogen) atoms. The maximum Gasteiger partial charge on any atom is 0.391 e.